The zero-order valence-corrected chi connectivity index (χ0v) is 21.6. The van der Waals surface area contributed by atoms with Gasteiger partial charge in [0.05, 0.1) is 22.5 Å². The highest BCUT2D eigenvalue weighted by Gasteiger charge is 2.18. The van der Waals surface area contributed by atoms with Gasteiger partial charge in [-0.25, -0.2) is 19.9 Å². The molecule has 1 unspecified atom stereocenters. The molecule has 0 amide bonds. The second kappa shape index (κ2) is 10.8. The molecule has 1 atom stereocenters. The first kappa shape index (κ1) is 24.4. The van der Waals surface area contributed by atoms with Gasteiger partial charge in [-0.15, -0.1) is 0 Å². The Morgan fingerprint density at radius 1 is 1.03 bits per heavy atom. The molecule has 0 saturated carbocycles. The first-order valence-corrected chi connectivity index (χ1v) is 13.4. The molecule has 0 spiro atoms. The zero-order chi connectivity index (χ0) is 25.9. The van der Waals surface area contributed by atoms with Gasteiger partial charge in [0.25, 0.3) is 0 Å². The molecule has 10 nitrogen and oxygen atoms in total. The number of nitrogens with one attached hydrogen (secondary N) is 2. The average molecular weight is 511 g/mol. The predicted molar refractivity (Wildman–Crippen MR) is 150 cm³/mol. The van der Waals surface area contributed by atoms with Crippen LogP contribution >= 0.6 is 0 Å². The molecule has 4 aromatic heterocycles. The number of piperidine rings is 2. The van der Waals surface area contributed by atoms with Gasteiger partial charge in [-0.2, -0.15) is 0 Å². The summed E-state index contributed by atoms with van der Waals surface area (Å²) in [7, 11) is 0. The van der Waals surface area contributed by atoms with Gasteiger partial charge in [0.2, 0.25) is 5.95 Å². The van der Waals surface area contributed by atoms with E-state index in [0.29, 0.717) is 11.6 Å². The van der Waals surface area contributed by atoms with E-state index in [1.807, 2.05) is 12.3 Å². The minimum atomic E-state index is 0.260. The fourth-order valence-corrected chi connectivity index (χ4v) is 5.40. The normalized spacial score (nSPS) is 18.6. The number of anilines is 2. The summed E-state index contributed by atoms with van der Waals surface area (Å²) < 4.78 is 0. The van der Waals surface area contributed by atoms with Crippen LogP contribution < -0.4 is 16.0 Å². The number of nitrogens with two attached hydrogens (primary N) is 1. The molecule has 2 saturated heterocycles. The van der Waals surface area contributed by atoms with Crippen LogP contribution in [0.1, 0.15) is 43.4 Å². The molecule has 4 aromatic rings. The van der Waals surface area contributed by atoms with Crippen LogP contribution in [0.3, 0.4) is 0 Å². The monoisotopic (exact) mass is 510 g/mol. The lowest BCUT2D eigenvalue weighted by molar-refractivity contribution is 0.201. The van der Waals surface area contributed by atoms with E-state index in [9.17, 15) is 0 Å². The molecule has 6 rings (SSSR count). The summed E-state index contributed by atoms with van der Waals surface area (Å²) in [5.74, 6) is 1.46. The third-order valence-electron chi connectivity index (χ3n) is 7.37. The Bertz CT molecular complexity index is 1410. The van der Waals surface area contributed by atoms with Gasteiger partial charge in [0.15, 0.2) is 0 Å². The third-order valence-corrected chi connectivity index (χ3v) is 7.37. The van der Waals surface area contributed by atoms with Gasteiger partial charge >= 0.3 is 0 Å². The van der Waals surface area contributed by atoms with E-state index in [1.165, 1.54) is 24.8 Å². The predicted octanol–water partition coefficient (Wildman–Crippen LogP) is 3.81. The van der Waals surface area contributed by atoms with Crippen LogP contribution in [0.2, 0.25) is 0 Å². The van der Waals surface area contributed by atoms with E-state index < -0.39 is 0 Å². The Balaban J connectivity index is 1.14. The Hall–Kier alpha value is -3.89. The number of aromatic nitrogens is 6. The number of H-pyrrole nitrogens is 1. The smallest absolute Gasteiger partial charge is 0.227 e. The summed E-state index contributed by atoms with van der Waals surface area (Å²) in [6, 6.07) is 6.46. The van der Waals surface area contributed by atoms with Crippen molar-refractivity contribution in [2.75, 3.05) is 36.4 Å². The number of hydrogen-bond donors (Lipinski definition) is 3. The quantitative estimate of drug-likeness (QED) is 0.340. The summed E-state index contributed by atoms with van der Waals surface area (Å²) in [6.45, 7) is 9.10. The minimum absolute atomic E-state index is 0.260. The molecule has 10 heteroatoms. The molecule has 2 fully saturated rings. The number of pyridine rings is 1. The Kier molecular flexibility index (Phi) is 6.98. The van der Waals surface area contributed by atoms with Crippen molar-refractivity contribution >= 4 is 28.5 Å². The SMILES string of the molecule is C=C(Nc1ncc(-c2cc3c(N4CCCCC4)ncnc3[nH]2)cn1)c1cc(CN2CCCC(N)C2)ccn1. The summed E-state index contributed by atoms with van der Waals surface area (Å²) in [6.07, 6.45) is 13.0. The fourth-order valence-electron chi connectivity index (χ4n) is 5.40. The van der Waals surface area contributed by atoms with Crippen LogP contribution in [0, 0.1) is 0 Å². The van der Waals surface area contributed by atoms with Gasteiger partial charge in [-0.3, -0.25) is 9.88 Å². The summed E-state index contributed by atoms with van der Waals surface area (Å²) in [5.41, 5.74) is 11.4. The molecule has 196 valence electrons. The first-order chi connectivity index (χ1) is 18.6. The maximum absolute atomic E-state index is 6.15. The number of fused-ring (bicyclic) bond motifs is 1. The Morgan fingerprint density at radius 3 is 2.68 bits per heavy atom. The molecule has 0 aromatic carbocycles. The molecule has 0 aliphatic carbocycles. The molecule has 38 heavy (non-hydrogen) atoms. The van der Waals surface area contributed by atoms with Gasteiger partial charge in [0.1, 0.15) is 17.8 Å². The first-order valence-electron chi connectivity index (χ1n) is 13.4. The van der Waals surface area contributed by atoms with Crippen molar-refractivity contribution in [3.63, 3.8) is 0 Å². The van der Waals surface area contributed by atoms with Crippen molar-refractivity contribution < 1.29 is 0 Å². The molecule has 0 radical (unpaired) electrons. The van der Waals surface area contributed by atoms with Gasteiger partial charge in [-0.1, -0.05) is 6.58 Å². The zero-order valence-electron chi connectivity index (χ0n) is 21.6. The highest BCUT2D eigenvalue weighted by Crippen LogP contribution is 2.30. The maximum atomic E-state index is 6.15. The lowest BCUT2D eigenvalue weighted by Crippen LogP contribution is -2.42. The molecular formula is C28H34N10. The number of hydrogen-bond acceptors (Lipinski definition) is 9. The lowest BCUT2D eigenvalue weighted by Gasteiger charge is -2.30. The standard InChI is InChI=1S/C28H34N10/c1-19(24-12-20(7-8-30-24)16-37-9-5-6-22(29)17-37)35-28-31-14-21(15-32-28)25-13-23-26(36-25)33-18-34-27(23)38-10-3-2-4-11-38/h7-8,12-15,18,22H,1-6,9-11,16-17,29H2,(H,31,32,35)(H,33,34,36). The highest BCUT2D eigenvalue weighted by molar-refractivity contribution is 5.91. The minimum Gasteiger partial charge on any atom is -0.356 e. The summed E-state index contributed by atoms with van der Waals surface area (Å²) >= 11 is 0. The van der Waals surface area contributed by atoms with E-state index >= 15 is 0 Å². The molecule has 4 N–H and O–H groups in total. The molecular weight excluding hydrogens is 476 g/mol. The number of nitrogens with zero attached hydrogens (tertiary/aromatic N) is 7. The number of rotatable bonds is 7. The van der Waals surface area contributed by atoms with Crippen LogP contribution in [0.4, 0.5) is 11.8 Å². The fraction of sp³-hybridized carbons (Fsp3) is 0.393. The van der Waals surface area contributed by atoms with Crippen LogP contribution in [0.15, 0.2) is 49.7 Å². The molecule has 6 heterocycles. The van der Waals surface area contributed by atoms with E-state index in [0.717, 1.165) is 79.4 Å². The van der Waals surface area contributed by atoms with Crippen molar-refractivity contribution in [3.8, 4) is 11.3 Å². The molecule has 0 bridgehead atoms. The second-order valence-electron chi connectivity index (χ2n) is 10.3. The highest BCUT2D eigenvalue weighted by atomic mass is 15.2. The van der Waals surface area contributed by atoms with Crippen molar-refractivity contribution in [2.24, 2.45) is 5.73 Å². The Labute approximate surface area is 222 Å². The summed E-state index contributed by atoms with van der Waals surface area (Å²) in [5, 5.41) is 4.23. The summed E-state index contributed by atoms with van der Waals surface area (Å²) in [4.78, 5) is 30.7. The van der Waals surface area contributed by atoms with E-state index in [1.54, 1.807) is 18.7 Å². The van der Waals surface area contributed by atoms with Crippen LogP contribution in [0.25, 0.3) is 28.0 Å². The van der Waals surface area contributed by atoms with Gasteiger partial charge in [0, 0.05) is 56.4 Å². The second-order valence-corrected chi connectivity index (χ2v) is 10.3. The number of likely N-dealkylation sites (tertiary alicyclic amines) is 1. The van der Waals surface area contributed by atoms with Crippen LogP contribution in [-0.2, 0) is 6.54 Å². The number of aromatic amines is 1. The largest absolute Gasteiger partial charge is 0.356 e. The van der Waals surface area contributed by atoms with E-state index in [2.05, 4.69) is 63.7 Å². The van der Waals surface area contributed by atoms with Crippen molar-refractivity contribution in [1.82, 2.24) is 34.8 Å². The maximum Gasteiger partial charge on any atom is 0.227 e. The topological polar surface area (TPSA) is 125 Å². The average Bonchev–Trinajstić information content (AvgIpc) is 3.39. The lowest BCUT2D eigenvalue weighted by atomic mass is 10.1. The van der Waals surface area contributed by atoms with Crippen molar-refractivity contribution in [2.45, 2.75) is 44.7 Å². The van der Waals surface area contributed by atoms with Crippen molar-refractivity contribution in [3.05, 3.63) is 61.0 Å². The van der Waals surface area contributed by atoms with E-state index in [4.69, 9.17) is 5.73 Å². The third kappa shape index (κ3) is 5.36. The van der Waals surface area contributed by atoms with Crippen LogP contribution in [-0.4, -0.2) is 67.0 Å². The molecule has 2 aliphatic heterocycles. The van der Waals surface area contributed by atoms with Crippen LogP contribution in [0.5, 0.6) is 0 Å². The molecule has 2 aliphatic rings. The Morgan fingerprint density at radius 2 is 1.87 bits per heavy atom. The van der Waals surface area contributed by atoms with Gasteiger partial charge < -0.3 is 20.9 Å². The van der Waals surface area contributed by atoms with Crippen molar-refractivity contribution in [1.29, 1.82) is 0 Å². The van der Waals surface area contributed by atoms with E-state index in [-0.39, 0.29) is 6.04 Å². The van der Waals surface area contributed by atoms with Gasteiger partial charge in [-0.05, 0) is 62.4 Å².